The van der Waals surface area contributed by atoms with Crippen molar-refractivity contribution < 1.29 is 10.0 Å². The number of nitrogens with zero attached hydrogens (tertiary/aromatic N) is 1. The van der Waals surface area contributed by atoms with E-state index in [1.54, 1.807) is 0 Å². The number of nitrogens with one attached hydrogen (secondary N) is 2. The molecule has 17 heavy (non-hydrogen) atoms. The van der Waals surface area contributed by atoms with Crippen molar-refractivity contribution in [3.63, 3.8) is 0 Å². The van der Waals surface area contributed by atoms with Crippen LogP contribution in [0.4, 0.5) is 0 Å². The smallest absolute Gasteiger partial charge is 0.306 e. The number of fused-ring (bicyclic) bond motifs is 1. The number of carbonyl (C=O) groups excluding carboxylic acids is 1. The third-order valence-corrected chi connectivity index (χ3v) is 2.60. The summed E-state index contributed by atoms with van der Waals surface area (Å²) in [5.41, 5.74) is 0.493. The summed E-state index contributed by atoms with van der Waals surface area (Å²) in [7, 11) is 0. The second kappa shape index (κ2) is 4.07. The standard InChI is InChI=1S/C9H7N3O4S/c13-7(11-16)4-1-2-5-6(3-4)10-9(15)12(17)8(5)14/h1-3,16-17H,(H,10,15)(H,11,13). The number of carbonyl (C=O) groups is 1. The minimum absolute atomic E-state index is 0.118. The highest BCUT2D eigenvalue weighted by atomic mass is 32.1. The van der Waals surface area contributed by atoms with Crippen molar-refractivity contribution in [2.24, 2.45) is 0 Å². The first-order chi connectivity index (χ1) is 8.04. The van der Waals surface area contributed by atoms with Crippen molar-refractivity contribution in [3.05, 3.63) is 44.6 Å². The van der Waals surface area contributed by atoms with Crippen LogP contribution in [0.5, 0.6) is 0 Å². The molecule has 0 aliphatic rings. The molecule has 1 aromatic heterocycles. The predicted octanol–water partition coefficient (Wildman–Crippen LogP) is -0.498. The highest BCUT2D eigenvalue weighted by molar-refractivity contribution is 7.78. The number of hydroxylamine groups is 1. The van der Waals surface area contributed by atoms with Gasteiger partial charge in [0.05, 0.1) is 10.9 Å². The van der Waals surface area contributed by atoms with E-state index in [-0.39, 0.29) is 16.5 Å². The molecule has 0 atom stereocenters. The van der Waals surface area contributed by atoms with Crippen LogP contribution in [0.15, 0.2) is 27.8 Å². The van der Waals surface area contributed by atoms with Gasteiger partial charge in [0.25, 0.3) is 11.5 Å². The van der Waals surface area contributed by atoms with E-state index in [1.807, 2.05) is 0 Å². The first-order valence-electron chi connectivity index (χ1n) is 4.47. The number of aromatic nitrogens is 2. The number of hydrogen-bond acceptors (Lipinski definition) is 5. The maximum atomic E-state index is 11.6. The van der Waals surface area contributed by atoms with Crippen molar-refractivity contribution in [1.29, 1.82) is 0 Å². The Hall–Kier alpha value is -2.06. The molecule has 0 spiro atoms. The summed E-state index contributed by atoms with van der Waals surface area (Å²) in [5, 5.41) is 8.68. The summed E-state index contributed by atoms with van der Waals surface area (Å²) in [6, 6.07) is 4.00. The fourth-order valence-corrected chi connectivity index (χ4v) is 1.57. The predicted molar refractivity (Wildman–Crippen MR) is 62.5 cm³/mol. The van der Waals surface area contributed by atoms with Crippen LogP contribution in [0, 0.1) is 0 Å². The highest BCUT2D eigenvalue weighted by Gasteiger charge is 2.09. The van der Waals surface area contributed by atoms with E-state index in [9.17, 15) is 14.4 Å². The van der Waals surface area contributed by atoms with Crippen molar-refractivity contribution in [2.75, 3.05) is 0 Å². The number of aromatic amines is 1. The fourth-order valence-electron chi connectivity index (χ4n) is 1.41. The van der Waals surface area contributed by atoms with Crippen LogP contribution < -0.4 is 16.7 Å². The molecule has 0 fully saturated rings. The van der Waals surface area contributed by atoms with Gasteiger partial charge in [-0.1, -0.05) is 12.8 Å². The summed E-state index contributed by atoms with van der Waals surface area (Å²) >= 11 is 3.71. The lowest BCUT2D eigenvalue weighted by molar-refractivity contribution is 0.0706. The quantitative estimate of drug-likeness (QED) is 0.312. The van der Waals surface area contributed by atoms with Gasteiger partial charge in [-0.3, -0.25) is 14.8 Å². The fraction of sp³-hybridized carbons (Fsp3) is 0. The van der Waals surface area contributed by atoms with Crippen LogP contribution in [0.3, 0.4) is 0 Å². The molecule has 8 heteroatoms. The van der Waals surface area contributed by atoms with Crippen LogP contribution in [-0.2, 0) is 0 Å². The molecule has 0 aliphatic carbocycles. The summed E-state index contributed by atoms with van der Waals surface area (Å²) < 4.78 is 0.633. The molecular weight excluding hydrogens is 246 g/mol. The van der Waals surface area contributed by atoms with E-state index in [0.717, 1.165) is 0 Å². The Morgan fingerprint density at radius 1 is 1.41 bits per heavy atom. The second-order valence-electron chi connectivity index (χ2n) is 3.25. The minimum Gasteiger partial charge on any atom is -0.306 e. The molecule has 88 valence electrons. The molecule has 0 saturated heterocycles. The zero-order valence-corrected chi connectivity index (χ0v) is 9.19. The molecule has 1 heterocycles. The Balaban J connectivity index is 2.80. The molecule has 0 aliphatic heterocycles. The lowest BCUT2D eigenvalue weighted by atomic mass is 10.1. The van der Waals surface area contributed by atoms with E-state index in [1.165, 1.54) is 23.7 Å². The van der Waals surface area contributed by atoms with Gasteiger partial charge in [0.1, 0.15) is 0 Å². The maximum absolute atomic E-state index is 11.6. The maximum Gasteiger partial charge on any atom is 0.338 e. The molecule has 2 rings (SSSR count). The van der Waals surface area contributed by atoms with Gasteiger partial charge < -0.3 is 4.98 Å². The Labute approximate surface area is 99.2 Å². The Morgan fingerprint density at radius 2 is 2.12 bits per heavy atom. The van der Waals surface area contributed by atoms with Crippen LogP contribution in [0.25, 0.3) is 10.9 Å². The monoisotopic (exact) mass is 253 g/mol. The zero-order valence-electron chi connectivity index (χ0n) is 8.30. The molecule has 3 N–H and O–H groups in total. The summed E-state index contributed by atoms with van der Waals surface area (Å²) in [6.07, 6.45) is 0. The Kier molecular flexibility index (Phi) is 2.74. The van der Waals surface area contributed by atoms with Crippen LogP contribution in [0.1, 0.15) is 10.4 Å². The SMILES string of the molecule is O=C(NO)c1ccc2c(=O)n(S)c(=O)[nH]c2c1. The van der Waals surface area contributed by atoms with Crippen molar-refractivity contribution in [2.45, 2.75) is 0 Å². The molecule has 0 unspecified atom stereocenters. The average molecular weight is 253 g/mol. The second-order valence-corrected chi connectivity index (χ2v) is 3.65. The number of hydrogen-bond donors (Lipinski definition) is 4. The van der Waals surface area contributed by atoms with Crippen LogP contribution in [-0.4, -0.2) is 20.1 Å². The molecule has 0 saturated carbocycles. The van der Waals surface area contributed by atoms with Gasteiger partial charge >= 0.3 is 5.69 Å². The zero-order chi connectivity index (χ0) is 12.6. The summed E-state index contributed by atoms with van der Waals surface area (Å²) in [5.74, 6) is -0.734. The number of H-pyrrole nitrogens is 1. The molecule has 1 amide bonds. The molecule has 2 aromatic rings. The van der Waals surface area contributed by atoms with Crippen molar-refractivity contribution >= 4 is 29.6 Å². The number of thiol groups is 1. The van der Waals surface area contributed by atoms with E-state index in [0.29, 0.717) is 3.97 Å². The highest BCUT2D eigenvalue weighted by Crippen LogP contribution is 2.09. The first kappa shape index (κ1) is 11.4. The van der Waals surface area contributed by atoms with Gasteiger partial charge in [-0.15, -0.1) is 0 Å². The molecule has 7 nitrogen and oxygen atoms in total. The number of amides is 1. The molecular formula is C9H7N3O4S. The number of rotatable bonds is 1. The molecule has 0 radical (unpaired) electrons. The van der Waals surface area contributed by atoms with Gasteiger partial charge in [-0.2, -0.15) is 0 Å². The summed E-state index contributed by atoms with van der Waals surface area (Å²) in [4.78, 5) is 36.4. The van der Waals surface area contributed by atoms with Crippen LogP contribution in [0.2, 0.25) is 0 Å². The van der Waals surface area contributed by atoms with E-state index in [2.05, 4.69) is 17.8 Å². The van der Waals surface area contributed by atoms with Gasteiger partial charge in [-0.25, -0.2) is 14.2 Å². The van der Waals surface area contributed by atoms with E-state index in [4.69, 9.17) is 5.21 Å². The normalized spacial score (nSPS) is 10.5. The number of benzene rings is 1. The van der Waals surface area contributed by atoms with Crippen LogP contribution >= 0.6 is 12.8 Å². The lowest BCUT2D eigenvalue weighted by Crippen LogP contribution is -2.29. The largest absolute Gasteiger partial charge is 0.338 e. The summed E-state index contributed by atoms with van der Waals surface area (Å²) in [6.45, 7) is 0. The van der Waals surface area contributed by atoms with E-state index < -0.39 is 17.2 Å². The lowest BCUT2D eigenvalue weighted by Gasteiger charge is -2.02. The third kappa shape index (κ3) is 1.83. The van der Waals surface area contributed by atoms with Gasteiger partial charge in [0, 0.05) is 5.56 Å². The Morgan fingerprint density at radius 3 is 2.76 bits per heavy atom. The first-order valence-corrected chi connectivity index (χ1v) is 4.87. The van der Waals surface area contributed by atoms with Gasteiger partial charge in [0.2, 0.25) is 0 Å². The minimum atomic E-state index is -0.734. The topological polar surface area (TPSA) is 104 Å². The van der Waals surface area contributed by atoms with Crippen molar-refractivity contribution in [3.8, 4) is 0 Å². The van der Waals surface area contributed by atoms with Gasteiger partial charge in [0.15, 0.2) is 0 Å². The van der Waals surface area contributed by atoms with E-state index >= 15 is 0 Å². The Bertz CT molecular complexity index is 718. The molecule has 0 bridgehead atoms. The van der Waals surface area contributed by atoms with Crippen molar-refractivity contribution in [1.82, 2.24) is 14.4 Å². The average Bonchev–Trinajstić information content (AvgIpc) is 2.34. The van der Waals surface area contributed by atoms with Gasteiger partial charge in [-0.05, 0) is 18.2 Å². The molecule has 1 aromatic carbocycles. The third-order valence-electron chi connectivity index (χ3n) is 2.24.